The maximum absolute atomic E-state index is 10.3. The first-order chi connectivity index (χ1) is 3.68. The van der Waals surface area contributed by atoms with Crippen molar-refractivity contribution in [1.82, 2.24) is 0 Å². The van der Waals surface area contributed by atoms with Gasteiger partial charge in [-0.05, 0) is 13.0 Å². The number of carbonyl (C=O) groups excluding carboxylic acids is 1. The lowest BCUT2D eigenvalue weighted by molar-refractivity contribution is -0.121. The molecule has 1 amide bonds. The van der Waals surface area contributed by atoms with Crippen molar-refractivity contribution in [3.63, 3.8) is 0 Å². The van der Waals surface area contributed by atoms with E-state index in [1.165, 1.54) is 0 Å². The van der Waals surface area contributed by atoms with Gasteiger partial charge in [0.2, 0.25) is 5.91 Å². The van der Waals surface area contributed by atoms with Crippen molar-refractivity contribution in [1.29, 1.82) is 0 Å². The summed E-state index contributed by atoms with van der Waals surface area (Å²) in [6, 6.07) is 0. The Kier molecular flexibility index (Phi) is 3.19. The molecule has 0 aromatic carbocycles. The van der Waals surface area contributed by atoms with Crippen LogP contribution in [0.1, 0.15) is 13.3 Å². The van der Waals surface area contributed by atoms with Crippen LogP contribution in [0.4, 0.5) is 0 Å². The van der Waals surface area contributed by atoms with Crippen LogP contribution in [0.15, 0.2) is 0 Å². The number of primary amides is 1. The SMILES string of the molecule is CC(CCN)C(N)=O. The van der Waals surface area contributed by atoms with Gasteiger partial charge in [-0.1, -0.05) is 6.92 Å². The maximum Gasteiger partial charge on any atom is 0.220 e. The third-order valence-electron chi connectivity index (χ3n) is 1.09. The second-order valence-corrected chi connectivity index (χ2v) is 1.88. The molecule has 0 heterocycles. The molecule has 3 nitrogen and oxygen atoms in total. The van der Waals surface area contributed by atoms with E-state index >= 15 is 0 Å². The third kappa shape index (κ3) is 2.58. The highest BCUT2D eigenvalue weighted by molar-refractivity contribution is 5.76. The molecule has 0 bridgehead atoms. The van der Waals surface area contributed by atoms with Crippen LogP contribution in [0.25, 0.3) is 0 Å². The average molecular weight is 116 g/mol. The van der Waals surface area contributed by atoms with E-state index in [1.54, 1.807) is 6.92 Å². The summed E-state index contributed by atoms with van der Waals surface area (Å²) in [5, 5.41) is 0. The smallest absolute Gasteiger partial charge is 0.220 e. The summed E-state index contributed by atoms with van der Waals surface area (Å²) in [6.45, 7) is 2.30. The Hall–Kier alpha value is -0.570. The normalized spacial score (nSPS) is 13.2. The van der Waals surface area contributed by atoms with Gasteiger partial charge in [0.1, 0.15) is 0 Å². The standard InChI is InChI=1S/C5H12N2O/c1-4(2-3-6)5(7)8/h4H,2-3,6H2,1H3,(H2,7,8). The van der Waals surface area contributed by atoms with Crippen LogP contribution in [0.5, 0.6) is 0 Å². The molecule has 0 aromatic rings. The summed E-state index contributed by atoms with van der Waals surface area (Å²) in [6.07, 6.45) is 0.690. The molecule has 0 aliphatic heterocycles. The van der Waals surface area contributed by atoms with Crippen molar-refractivity contribution < 1.29 is 4.79 Å². The summed E-state index contributed by atoms with van der Waals surface area (Å²) in [5.41, 5.74) is 10.1. The molecule has 0 aromatic heterocycles. The number of hydrogen-bond acceptors (Lipinski definition) is 2. The summed E-state index contributed by atoms with van der Waals surface area (Å²) in [5.74, 6) is -0.338. The van der Waals surface area contributed by atoms with E-state index in [2.05, 4.69) is 0 Å². The number of amides is 1. The highest BCUT2D eigenvalue weighted by Crippen LogP contribution is 1.95. The highest BCUT2D eigenvalue weighted by atomic mass is 16.1. The van der Waals surface area contributed by atoms with Gasteiger partial charge in [-0.15, -0.1) is 0 Å². The van der Waals surface area contributed by atoms with Gasteiger partial charge >= 0.3 is 0 Å². The van der Waals surface area contributed by atoms with E-state index in [0.717, 1.165) is 0 Å². The fraction of sp³-hybridized carbons (Fsp3) is 0.800. The molecule has 1 unspecified atom stereocenters. The minimum absolute atomic E-state index is 0.0694. The lowest BCUT2D eigenvalue weighted by Gasteiger charge is -2.01. The summed E-state index contributed by atoms with van der Waals surface area (Å²) in [7, 11) is 0. The van der Waals surface area contributed by atoms with E-state index in [1.807, 2.05) is 0 Å². The first-order valence-electron chi connectivity index (χ1n) is 2.68. The first-order valence-corrected chi connectivity index (χ1v) is 2.68. The van der Waals surface area contributed by atoms with Gasteiger partial charge in [0.05, 0.1) is 0 Å². The van der Waals surface area contributed by atoms with Crippen molar-refractivity contribution in [2.24, 2.45) is 17.4 Å². The molecule has 0 rings (SSSR count). The van der Waals surface area contributed by atoms with Gasteiger partial charge in [-0.25, -0.2) is 0 Å². The van der Waals surface area contributed by atoms with Crippen molar-refractivity contribution in [3.05, 3.63) is 0 Å². The van der Waals surface area contributed by atoms with Crippen LogP contribution < -0.4 is 11.5 Å². The molecule has 0 saturated carbocycles. The average Bonchev–Trinajstić information content (AvgIpc) is 1.67. The van der Waals surface area contributed by atoms with Crippen molar-refractivity contribution in [3.8, 4) is 0 Å². The minimum Gasteiger partial charge on any atom is -0.369 e. The molecule has 8 heavy (non-hydrogen) atoms. The molecule has 1 atom stereocenters. The molecule has 0 aliphatic rings. The monoisotopic (exact) mass is 116 g/mol. The lowest BCUT2D eigenvalue weighted by Crippen LogP contribution is -2.22. The molecule has 0 saturated heterocycles. The van der Waals surface area contributed by atoms with Gasteiger partial charge in [0.25, 0.3) is 0 Å². The second-order valence-electron chi connectivity index (χ2n) is 1.88. The van der Waals surface area contributed by atoms with Crippen molar-refractivity contribution >= 4 is 5.91 Å². The van der Waals surface area contributed by atoms with Gasteiger partial charge in [-0.3, -0.25) is 4.79 Å². The Labute approximate surface area is 49.0 Å². The predicted molar refractivity (Wildman–Crippen MR) is 32.0 cm³/mol. The molecule has 4 N–H and O–H groups in total. The minimum atomic E-state index is -0.268. The number of nitrogens with two attached hydrogens (primary N) is 2. The zero-order valence-electron chi connectivity index (χ0n) is 5.05. The van der Waals surface area contributed by atoms with E-state index in [0.29, 0.717) is 13.0 Å². The van der Waals surface area contributed by atoms with E-state index in [4.69, 9.17) is 11.5 Å². The fourth-order valence-electron chi connectivity index (χ4n) is 0.392. The summed E-state index contributed by atoms with van der Waals surface area (Å²) in [4.78, 5) is 10.3. The van der Waals surface area contributed by atoms with Gasteiger partial charge in [-0.2, -0.15) is 0 Å². The Morgan fingerprint density at radius 2 is 2.25 bits per heavy atom. The highest BCUT2D eigenvalue weighted by Gasteiger charge is 2.04. The Balaban J connectivity index is 3.32. The van der Waals surface area contributed by atoms with Crippen LogP contribution >= 0.6 is 0 Å². The predicted octanol–water partition coefficient (Wildman–Crippen LogP) is -0.543. The van der Waals surface area contributed by atoms with Crippen LogP contribution in [0.3, 0.4) is 0 Å². The Morgan fingerprint density at radius 1 is 1.75 bits per heavy atom. The van der Waals surface area contributed by atoms with Crippen LogP contribution in [0, 0.1) is 5.92 Å². The Bertz CT molecular complexity index is 82.5. The molecule has 0 radical (unpaired) electrons. The second kappa shape index (κ2) is 3.43. The lowest BCUT2D eigenvalue weighted by atomic mass is 10.1. The number of hydrogen-bond donors (Lipinski definition) is 2. The summed E-state index contributed by atoms with van der Waals surface area (Å²) < 4.78 is 0. The van der Waals surface area contributed by atoms with E-state index in [9.17, 15) is 4.79 Å². The fourth-order valence-corrected chi connectivity index (χ4v) is 0.392. The summed E-state index contributed by atoms with van der Waals surface area (Å²) >= 11 is 0. The first kappa shape index (κ1) is 7.43. The molecular formula is C5H12N2O. The quantitative estimate of drug-likeness (QED) is 0.519. The van der Waals surface area contributed by atoms with Gasteiger partial charge < -0.3 is 11.5 Å². The molecule has 3 heteroatoms. The van der Waals surface area contributed by atoms with E-state index in [-0.39, 0.29) is 11.8 Å². The number of rotatable bonds is 3. The molecule has 0 aliphatic carbocycles. The molecule has 0 fully saturated rings. The van der Waals surface area contributed by atoms with Crippen LogP contribution in [-0.4, -0.2) is 12.5 Å². The Morgan fingerprint density at radius 3 is 2.38 bits per heavy atom. The molecular weight excluding hydrogens is 104 g/mol. The number of carbonyl (C=O) groups is 1. The van der Waals surface area contributed by atoms with Crippen molar-refractivity contribution in [2.75, 3.05) is 6.54 Å². The third-order valence-corrected chi connectivity index (χ3v) is 1.09. The zero-order chi connectivity index (χ0) is 6.57. The zero-order valence-corrected chi connectivity index (χ0v) is 5.05. The molecule has 0 spiro atoms. The largest absolute Gasteiger partial charge is 0.369 e. The topological polar surface area (TPSA) is 69.1 Å². The van der Waals surface area contributed by atoms with Crippen molar-refractivity contribution in [2.45, 2.75) is 13.3 Å². The van der Waals surface area contributed by atoms with Crippen LogP contribution in [0.2, 0.25) is 0 Å². The van der Waals surface area contributed by atoms with Gasteiger partial charge in [0.15, 0.2) is 0 Å². The van der Waals surface area contributed by atoms with Gasteiger partial charge in [0, 0.05) is 5.92 Å². The van der Waals surface area contributed by atoms with Crippen LogP contribution in [-0.2, 0) is 4.79 Å². The van der Waals surface area contributed by atoms with E-state index < -0.39 is 0 Å². The maximum atomic E-state index is 10.3. The molecule has 48 valence electrons.